The summed E-state index contributed by atoms with van der Waals surface area (Å²) in [5, 5.41) is 55.2. The minimum absolute atomic E-state index is 0.0677. The predicted molar refractivity (Wildman–Crippen MR) is 296 cm³/mol. The zero-order valence-corrected chi connectivity index (χ0v) is 45.4. The molecule has 4 fully saturated rings. The molecular formula is C56H58Cl4N12O5. The van der Waals surface area contributed by atoms with Crippen molar-refractivity contribution in [1.82, 2.24) is 35.1 Å². The fourth-order valence-electron chi connectivity index (χ4n) is 9.16. The van der Waals surface area contributed by atoms with Gasteiger partial charge in [0.25, 0.3) is 5.91 Å². The lowest BCUT2D eigenvalue weighted by molar-refractivity contribution is 0.00609. The summed E-state index contributed by atoms with van der Waals surface area (Å²) in [5.41, 5.74) is 8.13. The molecule has 77 heavy (non-hydrogen) atoms. The van der Waals surface area contributed by atoms with Gasteiger partial charge in [-0.15, -0.1) is 0 Å². The molecule has 21 heteroatoms. The second-order valence-electron chi connectivity index (χ2n) is 20.1. The average Bonchev–Trinajstić information content (AvgIpc) is 4.38. The molecule has 17 nitrogen and oxygen atoms in total. The normalized spacial score (nSPS) is 19.2. The van der Waals surface area contributed by atoms with Gasteiger partial charge >= 0.3 is 5.97 Å². The maximum atomic E-state index is 12.2. The van der Waals surface area contributed by atoms with E-state index in [-0.39, 0.29) is 42.0 Å². The molecule has 10 rings (SSSR count). The number of halogens is 4. The van der Waals surface area contributed by atoms with Crippen molar-refractivity contribution in [1.29, 1.82) is 10.5 Å². The van der Waals surface area contributed by atoms with Gasteiger partial charge in [0.15, 0.2) is 5.69 Å². The first-order chi connectivity index (χ1) is 36.8. The lowest BCUT2D eigenvalue weighted by Crippen LogP contribution is -2.52. The number of anilines is 2. The van der Waals surface area contributed by atoms with E-state index >= 15 is 0 Å². The number of rotatable bonds is 13. The van der Waals surface area contributed by atoms with E-state index in [4.69, 9.17) is 57.2 Å². The van der Waals surface area contributed by atoms with Crippen molar-refractivity contribution in [3.8, 4) is 12.1 Å². The number of nitrogens with one attached hydrogen (secondary N) is 1. The fraction of sp³-hybridized carbons (Fsp3) is 0.357. The Hall–Kier alpha value is -6.48. The number of carboxylic acids is 1. The van der Waals surface area contributed by atoms with Gasteiger partial charge in [-0.25, -0.2) is 14.8 Å². The summed E-state index contributed by atoms with van der Waals surface area (Å²) >= 11 is 25.4. The minimum atomic E-state index is -1.34. The first kappa shape index (κ1) is 56.7. The number of amides is 1. The van der Waals surface area contributed by atoms with Gasteiger partial charge in [-0.1, -0.05) is 70.7 Å². The highest BCUT2D eigenvalue weighted by Gasteiger charge is 2.37. The number of carbonyl (C=O) groups excluding carboxylic acids is 1. The summed E-state index contributed by atoms with van der Waals surface area (Å²) in [6.45, 7) is 7.73. The first-order valence-electron chi connectivity index (χ1n) is 25.1. The van der Waals surface area contributed by atoms with Crippen LogP contribution in [0.15, 0.2) is 110 Å². The molecule has 6 N–H and O–H groups in total. The highest BCUT2D eigenvalue weighted by molar-refractivity contribution is 6.34. The Balaban J connectivity index is 0.000000190. The highest BCUT2D eigenvalue weighted by atomic mass is 35.5. The number of aromatic carboxylic acids is 1. The van der Waals surface area contributed by atoms with Crippen LogP contribution in [0.2, 0.25) is 20.1 Å². The largest absolute Gasteiger partial charge is 0.476 e. The standard InChI is InChI=1S/C28H28Cl2N6O2.C25H23Cl2N5O3.C3H7N/c1-28(38,26-15-32-23(14-33-26)27(37)34-21-7-8-21)17-35-10-11-36(24-9-2-18(13-31)12-22(24)30)25(16-35)19-3-5-20(29)6-4-19;1-25(35,23-13-29-20(12-30-23)24(33)34)15-31-8-9-32(21-7-2-16(11-28)10-19(21)27)22(14-31)17-3-5-18(26)6-4-17;4-3-1-2-3/h2-6,9,12,14-15,21,25,38H,7-8,10-11,16-17H2,1H3,(H,34,37);2-7,10,12-13,22,35H,8-9,14-15H2,1H3,(H,33,34);3H,1-2,4H2/t25-,28+;22-,25+;/m00./s1. The number of benzene rings is 4. The number of nitrogens with zero attached hydrogens (tertiary/aromatic N) is 10. The Morgan fingerprint density at radius 2 is 1.05 bits per heavy atom. The molecule has 400 valence electrons. The van der Waals surface area contributed by atoms with E-state index in [2.05, 4.69) is 57.0 Å². The molecule has 2 saturated carbocycles. The zero-order chi connectivity index (χ0) is 55.0. The Morgan fingerprint density at radius 1 is 0.636 bits per heavy atom. The van der Waals surface area contributed by atoms with Crippen LogP contribution in [0.3, 0.4) is 0 Å². The third kappa shape index (κ3) is 15.0. The van der Waals surface area contributed by atoms with E-state index in [0.717, 1.165) is 41.5 Å². The molecule has 4 heterocycles. The van der Waals surface area contributed by atoms with Crippen LogP contribution in [-0.2, 0) is 11.2 Å². The van der Waals surface area contributed by atoms with Gasteiger partial charge in [-0.2, -0.15) is 10.5 Å². The van der Waals surface area contributed by atoms with Gasteiger partial charge in [0, 0.05) is 74.5 Å². The summed E-state index contributed by atoms with van der Waals surface area (Å²) in [6.07, 6.45) is 9.86. The van der Waals surface area contributed by atoms with Gasteiger partial charge in [0.1, 0.15) is 16.9 Å². The van der Waals surface area contributed by atoms with Crippen LogP contribution in [0.25, 0.3) is 0 Å². The molecule has 2 aromatic heterocycles. The topological polar surface area (TPSA) is 245 Å². The summed E-state index contributed by atoms with van der Waals surface area (Å²) in [5.74, 6) is -1.42. The van der Waals surface area contributed by atoms with Gasteiger partial charge in [-0.05, 0) is 111 Å². The third-order valence-corrected chi connectivity index (χ3v) is 14.8. The predicted octanol–water partition coefficient (Wildman–Crippen LogP) is 8.55. The molecule has 0 unspecified atom stereocenters. The molecule has 2 aliphatic carbocycles. The number of β-amino-alcohol motifs (C(OH)–C–C–N with tert-alkyl or cyclic N) is 2. The van der Waals surface area contributed by atoms with Crippen molar-refractivity contribution in [2.45, 2.75) is 74.9 Å². The maximum Gasteiger partial charge on any atom is 0.356 e. The van der Waals surface area contributed by atoms with Crippen molar-refractivity contribution in [2.24, 2.45) is 5.73 Å². The van der Waals surface area contributed by atoms with Crippen molar-refractivity contribution < 1.29 is 24.9 Å². The quantitative estimate of drug-likeness (QED) is 0.0727. The molecule has 4 atom stereocenters. The van der Waals surface area contributed by atoms with Crippen molar-refractivity contribution in [3.05, 3.63) is 175 Å². The monoisotopic (exact) mass is 1120 g/mol. The fourth-order valence-corrected chi connectivity index (χ4v) is 9.99. The molecule has 0 radical (unpaired) electrons. The smallest absolute Gasteiger partial charge is 0.356 e. The van der Waals surface area contributed by atoms with E-state index in [0.29, 0.717) is 94.5 Å². The van der Waals surface area contributed by atoms with Crippen LogP contribution in [0.4, 0.5) is 11.4 Å². The molecule has 4 aromatic carbocycles. The average molecular weight is 1120 g/mol. The number of carbonyl (C=O) groups is 2. The SMILES string of the molecule is C[C@@](O)(CN1CCN(c2ccc(C#N)cc2Cl)[C@H](c2ccc(Cl)cc2)C1)c1cnc(C(=O)NC2CC2)cn1.C[C@@](O)(CN1CCN(c2ccc(C#N)cc2Cl)[C@H](c2ccc(Cl)cc2)C1)c1cnc(C(=O)O)cn1.NC1CC1. The number of carboxylic acid groups (broad SMARTS) is 1. The first-order valence-corrected chi connectivity index (χ1v) is 26.6. The van der Waals surface area contributed by atoms with E-state index < -0.39 is 17.2 Å². The van der Waals surface area contributed by atoms with Crippen molar-refractivity contribution in [3.63, 3.8) is 0 Å². The van der Waals surface area contributed by atoms with Crippen LogP contribution in [0.5, 0.6) is 0 Å². The van der Waals surface area contributed by atoms with Crippen LogP contribution in [0.1, 0.15) is 106 Å². The highest BCUT2D eigenvalue weighted by Crippen LogP contribution is 2.39. The Morgan fingerprint density at radius 3 is 1.39 bits per heavy atom. The molecule has 4 aliphatic rings. The molecular weight excluding hydrogens is 1060 g/mol. The number of hydrogen-bond donors (Lipinski definition) is 5. The zero-order valence-electron chi connectivity index (χ0n) is 42.4. The summed E-state index contributed by atoms with van der Waals surface area (Å²) in [6, 6.07) is 30.8. The van der Waals surface area contributed by atoms with Gasteiger partial charge in [-0.3, -0.25) is 24.6 Å². The number of piperazine rings is 2. The maximum absolute atomic E-state index is 12.2. The second kappa shape index (κ2) is 24.9. The third-order valence-electron chi connectivity index (χ3n) is 13.7. The molecule has 0 spiro atoms. The molecule has 2 aliphatic heterocycles. The van der Waals surface area contributed by atoms with Crippen LogP contribution in [0, 0.1) is 22.7 Å². The van der Waals surface area contributed by atoms with E-state index in [9.17, 15) is 30.3 Å². The number of nitriles is 2. The number of aliphatic hydroxyl groups is 2. The number of nitrogens with two attached hydrogens (primary N) is 1. The Labute approximate surface area is 467 Å². The molecule has 1 amide bonds. The van der Waals surface area contributed by atoms with E-state index in [1.807, 2.05) is 60.7 Å². The van der Waals surface area contributed by atoms with Gasteiger partial charge in [0.05, 0.1) is 92.9 Å². The van der Waals surface area contributed by atoms with Crippen LogP contribution in [-0.4, -0.2) is 121 Å². The van der Waals surface area contributed by atoms with Gasteiger partial charge in [0.2, 0.25) is 0 Å². The minimum Gasteiger partial charge on any atom is -0.476 e. The number of hydrogen-bond acceptors (Lipinski definition) is 15. The van der Waals surface area contributed by atoms with E-state index in [1.165, 1.54) is 31.4 Å². The van der Waals surface area contributed by atoms with Crippen LogP contribution < -0.4 is 20.9 Å². The van der Waals surface area contributed by atoms with Crippen molar-refractivity contribution >= 4 is 69.7 Å². The summed E-state index contributed by atoms with van der Waals surface area (Å²) in [7, 11) is 0. The molecule has 2 saturated heterocycles. The lowest BCUT2D eigenvalue weighted by atomic mass is 9.97. The molecule has 6 aromatic rings. The summed E-state index contributed by atoms with van der Waals surface area (Å²) in [4.78, 5) is 48.7. The van der Waals surface area contributed by atoms with Gasteiger partial charge < -0.3 is 36.2 Å². The van der Waals surface area contributed by atoms with E-state index in [1.54, 1.807) is 38.1 Å². The Bertz CT molecular complexity index is 3110. The summed E-state index contributed by atoms with van der Waals surface area (Å²) < 4.78 is 0. The second-order valence-corrected chi connectivity index (χ2v) is 21.7. The van der Waals surface area contributed by atoms with Crippen LogP contribution >= 0.6 is 46.4 Å². The lowest BCUT2D eigenvalue weighted by Gasteiger charge is -2.45. The number of aromatic nitrogens is 4. The van der Waals surface area contributed by atoms with Crippen molar-refractivity contribution in [2.75, 3.05) is 62.2 Å². The Kier molecular flexibility index (Phi) is 18.3. The molecule has 0 bridgehead atoms.